The third-order valence-corrected chi connectivity index (χ3v) is 7.44. The number of sulfonamides is 1. The number of hydrogen-bond acceptors (Lipinski definition) is 4. The van der Waals surface area contributed by atoms with Crippen molar-refractivity contribution in [2.75, 3.05) is 19.7 Å². The molecule has 2 aliphatic heterocycles. The van der Waals surface area contributed by atoms with Crippen LogP contribution in [0, 0.1) is 0 Å². The molecule has 0 bridgehead atoms. The van der Waals surface area contributed by atoms with E-state index in [0.29, 0.717) is 24.5 Å². The zero-order valence-corrected chi connectivity index (χ0v) is 16.5. The van der Waals surface area contributed by atoms with E-state index >= 15 is 0 Å². The average molecular weight is 401 g/mol. The first kappa shape index (κ1) is 19.5. The van der Waals surface area contributed by atoms with E-state index in [2.05, 4.69) is 0 Å². The monoisotopic (exact) mass is 400 g/mol. The minimum atomic E-state index is -3.67. The molecular weight excluding hydrogens is 376 g/mol. The highest BCUT2D eigenvalue weighted by atomic mass is 35.5. The molecule has 26 heavy (non-hydrogen) atoms. The topological polar surface area (TPSA) is 66.9 Å². The summed E-state index contributed by atoms with van der Waals surface area (Å²) in [6, 6.07) is 5.71. The summed E-state index contributed by atoms with van der Waals surface area (Å²) in [5, 5.41) is 0.492. The van der Waals surface area contributed by atoms with Crippen LogP contribution < -0.4 is 0 Å². The molecule has 2 aliphatic rings. The number of likely N-dealkylation sites (tertiary alicyclic amines) is 1. The van der Waals surface area contributed by atoms with Gasteiger partial charge in [-0.05, 0) is 56.9 Å². The maximum atomic E-state index is 13.2. The standard InChI is InChI=1S/C18H25ClN2O4S/c1-14-5-4-6-16(13-25-18(22)20-11-2-3-12-20)21(14)26(23,24)17-9-7-15(19)8-10-17/h7-10,14,16H,2-6,11-13H2,1H3/t14-,16+/m1/s1. The van der Waals surface area contributed by atoms with Crippen molar-refractivity contribution in [1.29, 1.82) is 0 Å². The number of piperidine rings is 1. The summed E-state index contributed by atoms with van der Waals surface area (Å²) in [5.41, 5.74) is 0. The number of amides is 1. The third-order valence-electron chi connectivity index (χ3n) is 5.11. The maximum absolute atomic E-state index is 13.2. The summed E-state index contributed by atoms with van der Waals surface area (Å²) in [6.07, 6.45) is 4.04. The fourth-order valence-corrected chi connectivity index (χ4v) is 5.73. The summed E-state index contributed by atoms with van der Waals surface area (Å²) >= 11 is 5.88. The number of hydrogen-bond donors (Lipinski definition) is 0. The van der Waals surface area contributed by atoms with E-state index < -0.39 is 10.0 Å². The van der Waals surface area contributed by atoms with Crippen LogP contribution in [-0.4, -0.2) is 55.5 Å². The Labute approximate surface area is 160 Å². The lowest BCUT2D eigenvalue weighted by Gasteiger charge is -2.39. The summed E-state index contributed by atoms with van der Waals surface area (Å²) in [4.78, 5) is 14.1. The van der Waals surface area contributed by atoms with E-state index in [1.165, 1.54) is 16.4 Å². The number of rotatable bonds is 4. The van der Waals surface area contributed by atoms with Crippen molar-refractivity contribution in [2.24, 2.45) is 0 Å². The van der Waals surface area contributed by atoms with Crippen molar-refractivity contribution in [1.82, 2.24) is 9.21 Å². The minimum absolute atomic E-state index is 0.0898. The van der Waals surface area contributed by atoms with Gasteiger partial charge in [0, 0.05) is 24.2 Å². The Bertz CT molecular complexity index is 732. The largest absolute Gasteiger partial charge is 0.448 e. The molecule has 2 atom stereocenters. The average Bonchev–Trinajstić information content (AvgIpc) is 3.14. The normalized spacial score (nSPS) is 24.6. The van der Waals surface area contributed by atoms with Gasteiger partial charge in [-0.1, -0.05) is 18.0 Å². The van der Waals surface area contributed by atoms with Crippen LogP contribution in [0.2, 0.25) is 5.02 Å². The lowest BCUT2D eigenvalue weighted by Crippen LogP contribution is -2.51. The van der Waals surface area contributed by atoms with Crippen LogP contribution in [0.5, 0.6) is 0 Å². The lowest BCUT2D eigenvalue weighted by atomic mass is 10.0. The molecular formula is C18H25ClN2O4S. The van der Waals surface area contributed by atoms with E-state index in [0.717, 1.165) is 25.7 Å². The molecule has 8 heteroatoms. The fraction of sp³-hybridized carbons (Fsp3) is 0.611. The van der Waals surface area contributed by atoms with Gasteiger partial charge in [0.05, 0.1) is 10.9 Å². The summed E-state index contributed by atoms with van der Waals surface area (Å²) in [6.45, 7) is 3.42. The summed E-state index contributed by atoms with van der Waals surface area (Å²) in [5.74, 6) is 0. The molecule has 2 saturated heterocycles. The molecule has 1 amide bonds. The molecule has 1 aromatic rings. The van der Waals surface area contributed by atoms with Crippen LogP contribution in [0.4, 0.5) is 4.79 Å². The number of ether oxygens (including phenoxy) is 1. The SMILES string of the molecule is C[C@@H]1CCC[C@@H](COC(=O)N2CCCC2)N1S(=O)(=O)c1ccc(Cl)cc1. The Kier molecular flexibility index (Phi) is 6.10. The second-order valence-electron chi connectivity index (χ2n) is 6.99. The van der Waals surface area contributed by atoms with Gasteiger partial charge >= 0.3 is 6.09 Å². The third kappa shape index (κ3) is 4.15. The van der Waals surface area contributed by atoms with Gasteiger partial charge in [-0.25, -0.2) is 13.2 Å². The number of benzene rings is 1. The Morgan fingerprint density at radius 3 is 2.46 bits per heavy atom. The van der Waals surface area contributed by atoms with Gasteiger partial charge in [0.15, 0.2) is 0 Å². The van der Waals surface area contributed by atoms with Crippen LogP contribution in [0.1, 0.15) is 39.0 Å². The van der Waals surface area contributed by atoms with E-state index in [1.807, 2.05) is 6.92 Å². The van der Waals surface area contributed by atoms with Gasteiger partial charge in [-0.2, -0.15) is 4.31 Å². The van der Waals surface area contributed by atoms with Crippen LogP contribution in [0.3, 0.4) is 0 Å². The fourth-order valence-electron chi connectivity index (χ4n) is 3.74. The number of halogens is 1. The van der Waals surface area contributed by atoms with Crippen LogP contribution in [0.25, 0.3) is 0 Å². The predicted octanol–water partition coefficient (Wildman–Crippen LogP) is 3.50. The zero-order chi connectivity index (χ0) is 18.7. The van der Waals surface area contributed by atoms with Gasteiger partial charge in [0.2, 0.25) is 10.0 Å². The molecule has 2 fully saturated rings. The molecule has 1 aromatic carbocycles. The molecule has 144 valence electrons. The van der Waals surface area contributed by atoms with E-state index in [9.17, 15) is 13.2 Å². The number of carbonyl (C=O) groups is 1. The molecule has 0 spiro atoms. The first-order valence-electron chi connectivity index (χ1n) is 9.10. The number of nitrogens with zero attached hydrogens (tertiary/aromatic N) is 2. The first-order valence-corrected chi connectivity index (χ1v) is 10.9. The van der Waals surface area contributed by atoms with Crippen molar-refractivity contribution in [3.63, 3.8) is 0 Å². The van der Waals surface area contributed by atoms with E-state index in [1.54, 1.807) is 17.0 Å². The minimum Gasteiger partial charge on any atom is -0.448 e. The smallest absolute Gasteiger partial charge is 0.409 e. The Hall–Kier alpha value is -1.31. The Morgan fingerprint density at radius 1 is 1.15 bits per heavy atom. The molecule has 6 nitrogen and oxygen atoms in total. The van der Waals surface area contributed by atoms with E-state index in [4.69, 9.17) is 16.3 Å². The quantitative estimate of drug-likeness (QED) is 0.775. The molecule has 0 aliphatic carbocycles. The summed E-state index contributed by atoms with van der Waals surface area (Å²) < 4.78 is 33.3. The molecule has 0 unspecified atom stereocenters. The second-order valence-corrected chi connectivity index (χ2v) is 9.27. The molecule has 0 N–H and O–H groups in total. The second kappa shape index (κ2) is 8.15. The van der Waals surface area contributed by atoms with Gasteiger partial charge in [-0.3, -0.25) is 0 Å². The van der Waals surface area contributed by atoms with Gasteiger partial charge in [0.25, 0.3) is 0 Å². The zero-order valence-electron chi connectivity index (χ0n) is 14.9. The Morgan fingerprint density at radius 2 is 1.81 bits per heavy atom. The molecule has 0 saturated carbocycles. The molecule has 3 rings (SSSR count). The van der Waals surface area contributed by atoms with Crippen LogP contribution in [-0.2, 0) is 14.8 Å². The molecule has 2 heterocycles. The van der Waals surface area contributed by atoms with Crippen molar-refractivity contribution < 1.29 is 17.9 Å². The molecule has 0 aromatic heterocycles. The van der Waals surface area contributed by atoms with Crippen molar-refractivity contribution in [3.8, 4) is 0 Å². The molecule has 0 radical (unpaired) electrons. The highest BCUT2D eigenvalue weighted by Gasteiger charge is 2.38. The van der Waals surface area contributed by atoms with Gasteiger partial charge < -0.3 is 9.64 Å². The lowest BCUT2D eigenvalue weighted by molar-refractivity contribution is 0.0692. The van der Waals surface area contributed by atoms with Gasteiger partial charge in [0.1, 0.15) is 6.61 Å². The first-order chi connectivity index (χ1) is 12.4. The van der Waals surface area contributed by atoms with E-state index in [-0.39, 0.29) is 29.7 Å². The van der Waals surface area contributed by atoms with Crippen LogP contribution >= 0.6 is 11.6 Å². The van der Waals surface area contributed by atoms with Crippen molar-refractivity contribution in [2.45, 2.75) is 56.0 Å². The van der Waals surface area contributed by atoms with Crippen molar-refractivity contribution in [3.05, 3.63) is 29.3 Å². The Balaban J connectivity index is 1.75. The summed E-state index contributed by atoms with van der Waals surface area (Å²) in [7, 11) is -3.67. The highest BCUT2D eigenvalue weighted by Crippen LogP contribution is 2.30. The van der Waals surface area contributed by atoms with Crippen LogP contribution in [0.15, 0.2) is 29.2 Å². The predicted molar refractivity (Wildman–Crippen MR) is 99.7 cm³/mol. The van der Waals surface area contributed by atoms with Gasteiger partial charge in [-0.15, -0.1) is 0 Å². The number of carbonyl (C=O) groups excluding carboxylic acids is 1. The highest BCUT2D eigenvalue weighted by molar-refractivity contribution is 7.89. The maximum Gasteiger partial charge on any atom is 0.409 e. The van der Waals surface area contributed by atoms with Crippen molar-refractivity contribution >= 4 is 27.7 Å².